The molecular formula is C25H31BrN4O3. The van der Waals surface area contributed by atoms with Crippen LogP contribution in [0.3, 0.4) is 0 Å². The monoisotopic (exact) mass is 514 g/mol. The molecule has 6 rings (SSSR count). The molecule has 7 nitrogen and oxygen atoms in total. The van der Waals surface area contributed by atoms with Crippen molar-refractivity contribution in [1.82, 2.24) is 9.97 Å². The van der Waals surface area contributed by atoms with Gasteiger partial charge in [0.15, 0.2) is 18.5 Å². The number of anilines is 1. The van der Waals surface area contributed by atoms with Crippen LogP contribution in [0, 0.1) is 5.92 Å². The lowest BCUT2D eigenvalue weighted by Crippen LogP contribution is -3.00. The summed E-state index contributed by atoms with van der Waals surface area (Å²) in [6.45, 7) is 3.00. The first-order valence-electron chi connectivity index (χ1n) is 11.8. The van der Waals surface area contributed by atoms with E-state index >= 15 is 0 Å². The molecule has 8 heteroatoms. The third-order valence-corrected chi connectivity index (χ3v) is 7.78. The highest BCUT2D eigenvalue weighted by Gasteiger charge is 2.51. The summed E-state index contributed by atoms with van der Waals surface area (Å²) >= 11 is 0. The van der Waals surface area contributed by atoms with Gasteiger partial charge < -0.3 is 31.5 Å². The number of hydrogen-bond donors (Lipinski definition) is 1. The Bertz CT molecular complexity index is 958. The average Bonchev–Trinajstić information content (AvgIpc) is 3.32. The number of quaternary nitrogens is 1. The minimum Gasteiger partial charge on any atom is -1.00 e. The minimum atomic E-state index is -0.512. The Morgan fingerprint density at radius 2 is 1.82 bits per heavy atom. The average molecular weight is 515 g/mol. The highest BCUT2D eigenvalue weighted by molar-refractivity contribution is 5.90. The van der Waals surface area contributed by atoms with Crippen LogP contribution in [0.25, 0.3) is 0 Å². The SMILES string of the molecule is O=C(C[N+]12CCC(CC1)[C@@H](OC(=O)C1(c3ccccc3)CCCC1)C2)Nc1cnccn1.[Br-]. The van der Waals surface area contributed by atoms with E-state index in [1.54, 1.807) is 18.6 Å². The molecule has 1 aromatic heterocycles. The molecule has 1 saturated carbocycles. The van der Waals surface area contributed by atoms with Crippen molar-refractivity contribution in [3.05, 3.63) is 54.5 Å². The maximum Gasteiger partial charge on any atom is 0.317 e. The Kier molecular flexibility index (Phi) is 7.14. The molecule has 3 aliphatic heterocycles. The third kappa shape index (κ3) is 4.82. The molecule has 4 aliphatic rings. The van der Waals surface area contributed by atoms with E-state index in [1.165, 1.54) is 0 Å². The van der Waals surface area contributed by atoms with Crippen LogP contribution in [0.4, 0.5) is 5.82 Å². The second-order valence-corrected chi connectivity index (χ2v) is 9.70. The number of benzene rings is 1. The summed E-state index contributed by atoms with van der Waals surface area (Å²) < 4.78 is 6.96. The van der Waals surface area contributed by atoms with Gasteiger partial charge in [-0.05, 0) is 18.4 Å². The quantitative estimate of drug-likeness (QED) is 0.436. The first kappa shape index (κ1) is 23.8. The largest absolute Gasteiger partial charge is 1.00 e. The number of esters is 1. The molecule has 1 aliphatic carbocycles. The second kappa shape index (κ2) is 9.89. The van der Waals surface area contributed by atoms with E-state index in [2.05, 4.69) is 27.4 Å². The zero-order chi connectivity index (χ0) is 22.0. The van der Waals surface area contributed by atoms with Gasteiger partial charge in [-0.15, -0.1) is 0 Å². The number of hydrogen-bond acceptors (Lipinski definition) is 5. The Labute approximate surface area is 205 Å². The van der Waals surface area contributed by atoms with E-state index in [0.717, 1.165) is 63.7 Å². The smallest absolute Gasteiger partial charge is 0.317 e. The summed E-state index contributed by atoms with van der Waals surface area (Å²) in [4.78, 5) is 34.4. The predicted octanol–water partition coefficient (Wildman–Crippen LogP) is 0.0833. The Morgan fingerprint density at radius 3 is 2.48 bits per heavy atom. The number of aromatic nitrogens is 2. The fourth-order valence-corrected chi connectivity index (χ4v) is 6.02. The van der Waals surface area contributed by atoms with Crippen molar-refractivity contribution in [3.8, 4) is 0 Å². The van der Waals surface area contributed by atoms with Gasteiger partial charge in [-0.2, -0.15) is 0 Å². The van der Waals surface area contributed by atoms with E-state index in [1.807, 2.05) is 18.2 Å². The van der Waals surface area contributed by atoms with Gasteiger partial charge in [0.1, 0.15) is 6.54 Å². The van der Waals surface area contributed by atoms with Crippen LogP contribution in [0.5, 0.6) is 0 Å². The Morgan fingerprint density at radius 1 is 1.09 bits per heavy atom. The first-order valence-corrected chi connectivity index (χ1v) is 11.8. The highest BCUT2D eigenvalue weighted by atomic mass is 79.9. The number of fused-ring (bicyclic) bond motifs is 3. The number of rotatable bonds is 6. The molecule has 0 unspecified atom stereocenters. The molecule has 2 bridgehead atoms. The number of piperidine rings is 3. The molecular weight excluding hydrogens is 484 g/mol. The van der Waals surface area contributed by atoms with Gasteiger partial charge in [-0.3, -0.25) is 14.6 Å². The van der Waals surface area contributed by atoms with E-state index < -0.39 is 5.41 Å². The van der Waals surface area contributed by atoms with Crippen molar-refractivity contribution in [2.75, 3.05) is 31.5 Å². The van der Waals surface area contributed by atoms with Gasteiger partial charge in [0.2, 0.25) is 0 Å². The molecule has 0 radical (unpaired) electrons. The minimum absolute atomic E-state index is 0. The Balaban J connectivity index is 0.00000259. The Hall–Kier alpha value is -2.32. The summed E-state index contributed by atoms with van der Waals surface area (Å²) in [6, 6.07) is 10.1. The topological polar surface area (TPSA) is 81.2 Å². The van der Waals surface area contributed by atoms with Gasteiger partial charge >= 0.3 is 5.97 Å². The number of halogens is 1. The summed E-state index contributed by atoms with van der Waals surface area (Å²) in [5.41, 5.74) is 0.567. The number of nitrogens with one attached hydrogen (secondary N) is 1. The molecule has 1 N–H and O–H groups in total. The van der Waals surface area contributed by atoms with Crippen molar-refractivity contribution in [3.63, 3.8) is 0 Å². The molecule has 4 heterocycles. The zero-order valence-electron chi connectivity index (χ0n) is 18.8. The van der Waals surface area contributed by atoms with Crippen LogP contribution in [0.2, 0.25) is 0 Å². The number of nitrogens with zero attached hydrogens (tertiary/aromatic N) is 3. The van der Waals surface area contributed by atoms with Gasteiger partial charge in [-0.25, -0.2) is 4.98 Å². The van der Waals surface area contributed by atoms with Gasteiger partial charge in [0.25, 0.3) is 5.91 Å². The first-order chi connectivity index (χ1) is 15.6. The standard InChI is InChI=1S/C25H30N4O3.BrH/c30-23(28-22-16-26-12-13-27-22)18-29-14-8-19(9-15-29)21(17-29)32-24(31)25(10-4-5-11-25)20-6-2-1-3-7-20;/h1-3,6-7,12-13,16,19,21H,4-5,8-11,14-15,17-18H2;1H/t19?,21-,29?;/m0./s1. The van der Waals surface area contributed by atoms with E-state index in [9.17, 15) is 9.59 Å². The summed E-state index contributed by atoms with van der Waals surface area (Å²) in [5.74, 6) is 0.738. The molecule has 1 atom stereocenters. The van der Waals surface area contributed by atoms with Crippen LogP contribution in [0.15, 0.2) is 48.9 Å². The summed E-state index contributed by atoms with van der Waals surface area (Å²) in [7, 11) is 0. The van der Waals surface area contributed by atoms with Crippen molar-refractivity contribution < 1.29 is 35.8 Å². The normalized spacial score (nSPS) is 27.4. The number of ether oxygens (including phenoxy) is 1. The molecule has 3 saturated heterocycles. The molecule has 1 amide bonds. The zero-order valence-corrected chi connectivity index (χ0v) is 20.4. The van der Waals surface area contributed by atoms with Crippen LogP contribution in [-0.4, -0.2) is 58.6 Å². The van der Waals surface area contributed by atoms with Gasteiger partial charge in [0, 0.05) is 31.2 Å². The molecule has 4 fully saturated rings. The van der Waals surface area contributed by atoms with Crippen molar-refractivity contribution in [2.24, 2.45) is 5.92 Å². The summed E-state index contributed by atoms with van der Waals surface area (Å²) in [6.07, 6.45) is 10.4. The lowest BCUT2D eigenvalue weighted by atomic mass is 9.78. The molecule has 2 aromatic rings. The molecule has 33 heavy (non-hydrogen) atoms. The fraction of sp³-hybridized carbons (Fsp3) is 0.520. The van der Waals surface area contributed by atoms with Crippen molar-refractivity contribution in [1.29, 1.82) is 0 Å². The van der Waals surface area contributed by atoms with E-state index in [4.69, 9.17) is 4.74 Å². The van der Waals surface area contributed by atoms with Crippen LogP contribution in [0.1, 0.15) is 44.1 Å². The number of carbonyl (C=O) groups excluding carboxylic acids is 2. The molecule has 176 valence electrons. The van der Waals surface area contributed by atoms with E-state index in [0.29, 0.717) is 22.8 Å². The van der Waals surface area contributed by atoms with Crippen LogP contribution >= 0.6 is 0 Å². The maximum absolute atomic E-state index is 13.6. The third-order valence-electron chi connectivity index (χ3n) is 7.78. The second-order valence-electron chi connectivity index (χ2n) is 9.70. The lowest BCUT2D eigenvalue weighted by Gasteiger charge is -2.51. The van der Waals surface area contributed by atoms with E-state index in [-0.39, 0.29) is 35.0 Å². The predicted molar refractivity (Wildman–Crippen MR) is 120 cm³/mol. The summed E-state index contributed by atoms with van der Waals surface area (Å²) in [5, 5.41) is 2.86. The van der Waals surface area contributed by atoms with Crippen LogP contribution in [-0.2, 0) is 19.7 Å². The van der Waals surface area contributed by atoms with Crippen molar-refractivity contribution in [2.45, 2.75) is 50.0 Å². The van der Waals surface area contributed by atoms with Gasteiger partial charge in [0.05, 0.1) is 24.7 Å². The van der Waals surface area contributed by atoms with Crippen molar-refractivity contribution >= 4 is 17.7 Å². The van der Waals surface area contributed by atoms with Gasteiger partial charge in [-0.1, -0.05) is 43.2 Å². The maximum atomic E-state index is 13.6. The molecule has 1 aromatic carbocycles. The highest BCUT2D eigenvalue weighted by Crippen LogP contribution is 2.44. The number of amides is 1. The number of carbonyl (C=O) groups is 2. The van der Waals surface area contributed by atoms with Crippen LogP contribution < -0.4 is 22.3 Å². The lowest BCUT2D eigenvalue weighted by molar-refractivity contribution is -0.939. The molecule has 0 spiro atoms. The fourth-order valence-electron chi connectivity index (χ4n) is 6.02.